The molecule has 1 heteroatoms. The highest BCUT2D eigenvalue weighted by molar-refractivity contribution is 5.39. The fraction of sp³-hybridized carbons (Fsp3) is 0.278. The van der Waals surface area contributed by atoms with Gasteiger partial charge in [0.05, 0.1) is 0 Å². The van der Waals surface area contributed by atoms with Crippen LogP contribution < -0.4 is 0 Å². The van der Waals surface area contributed by atoms with Gasteiger partial charge in [-0.15, -0.1) is 6.58 Å². The van der Waals surface area contributed by atoms with Crippen LogP contribution in [0.5, 0.6) is 0 Å². The highest BCUT2D eigenvalue weighted by Gasteiger charge is 2.13. The second-order valence-electron chi connectivity index (χ2n) is 4.97. The average molecular weight is 251 g/mol. The first-order valence-corrected chi connectivity index (χ1v) is 6.82. The van der Waals surface area contributed by atoms with Gasteiger partial charge in [0.1, 0.15) is 0 Å². The van der Waals surface area contributed by atoms with E-state index in [1.165, 1.54) is 27.9 Å². The van der Waals surface area contributed by atoms with Crippen LogP contribution in [-0.2, 0) is 19.3 Å². The Balaban J connectivity index is 0.000000408. The minimum Gasteiger partial charge on any atom is -0.261 e. The zero-order valence-electron chi connectivity index (χ0n) is 11.8. The van der Waals surface area contributed by atoms with Crippen LogP contribution >= 0.6 is 0 Å². The molecule has 2 aromatic rings. The SMILES string of the molecule is C=CC.Cc1ccc2c(c1)CCc1cccnc1C2. The summed E-state index contributed by atoms with van der Waals surface area (Å²) >= 11 is 0. The van der Waals surface area contributed by atoms with E-state index in [1.807, 2.05) is 19.2 Å². The highest BCUT2D eigenvalue weighted by atomic mass is 14.7. The van der Waals surface area contributed by atoms with E-state index in [4.69, 9.17) is 0 Å². The van der Waals surface area contributed by atoms with Gasteiger partial charge in [-0.05, 0) is 49.4 Å². The van der Waals surface area contributed by atoms with Crippen LogP contribution in [0.3, 0.4) is 0 Å². The number of nitrogens with zero attached hydrogens (tertiary/aromatic N) is 1. The summed E-state index contributed by atoms with van der Waals surface area (Å²) in [6.07, 6.45) is 6.92. The number of fused-ring (bicyclic) bond motifs is 2. The Morgan fingerprint density at radius 2 is 1.84 bits per heavy atom. The van der Waals surface area contributed by atoms with Crippen molar-refractivity contribution in [2.75, 3.05) is 0 Å². The van der Waals surface area contributed by atoms with Crippen molar-refractivity contribution in [2.45, 2.75) is 33.1 Å². The summed E-state index contributed by atoms with van der Waals surface area (Å²) in [7, 11) is 0. The van der Waals surface area contributed by atoms with Crippen LogP contribution in [0.2, 0.25) is 0 Å². The summed E-state index contributed by atoms with van der Waals surface area (Å²) in [5, 5.41) is 0. The summed E-state index contributed by atoms with van der Waals surface area (Å²) in [6.45, 7) is 7.41. The smallest absolute Gasteiger partial charge is 0.0479 e. The van der Waals surface area contributed by atoms with E-state index in [9.17, 15) is 0 Å². The normalized spacial score (nSPS) is 12.3. The molecule has 0 saturated heterocycles. The van der Waals surface area contributed by atoms with E-state index in [-0.39, 0.29) is 0 Å². The van der Waals surface area contributed by atoms with Crippen molar-refractivity contribution in [3.05, 3.63) is 77.1 Å². The van der Waals surface area contributed by atoms with Gasteiger partial charge in [0.25, 0.3) is 0 Å². The molecule has 1 aromatic heterocycles. The molecule has 0 atom stereocenters. The van der Waals surface area contributed by atoms with Crippen molar-refractivity contribution < 1.29 is 0 Å². The van der Waals surface area contributed by atoms with Crippen molar-refractivity contribution in [2.24, 2.45) is 0 Å². The average Bonchev–Trinajstić information content (AvgIpc) is 2.58. The third-order valence-corrected chi connectivity index (χ3v) is 3.37. The Labute approximate surface area is 116 Å². The van der Waals surface area contributed by atoms with Crippen molar-refractivity contribution in [1.82, 2.24) is 4.98 Å². The third kappa shape index (κ3) is 3.31. The van der Waals surface area contributed by atoms with E-state index in [0.717, 1.165) is 19.3 Å². The van der Waals surface area contributed by atoms with Gasteiger partial charge in [-0.25, -0.2) is 0 Å². The zero-order chi connectivity index (χ0) is 13.7. The van der Waals surface area contributed by atoms with Crippen molar-refractivity contribution in [3.63, 3.8) is 0 Å². The maximum atomic E-state index is 4.50. The van der Waals surface area contributed by atoms with E-state index < -0.39 is 0 Å². The number of allylic oxidation sites excluding steroid dienone is 1. The number of benzene rings is 1. The lowest BCUT2D eigenvalue weighted by Crippen LogP contribution is -1.95. The number of pyridine rings is 1. The number of hydrogen-bond acceptors (Lipinski definition) is 1. The van der Waals surface area contributed by atoms with Crippen LogP contribution in [0, 0.1) is 6.92 Å². The van der Waals surface area contributed by atoms with Gasteiger partial charge in [-0.2, -0.15) is 0 Å². The third-order valence-electron chi connectivity index (χ3n) is 3.37. The number of hydrogen-bond donors (Lipinski definition) is 0. The van der Waals surface area contributed by atoms with Crippen LogP contribution in [0.25, 0.3) is 0 Å². The molecule has 98 valence electrons. The van der Waals surface area contributed by atoms with E-state index in [0.29, 0.717) is 0 Å². The fourth-order valence-corrected chi connectivity index (χ4v) is 2.47. The minimum atomic E-state index is 0.992. The molecule has 19 heavy (non-hydrogen) atoms. The van der Waals surface area contributed by atoms with Gasteiger partial charge in [0.2, 0.25) is 0 Å². The van der Waals surface area contributed by atoms with E-state index in [2.05, 4.69) is 42.8 Å². The Morgan fingerprint density at radius 3 is 2.63 bits per heavy atom. The Kier molecular flexibility index (Phi) is 4.51. The van der Waals surface area contributed by atoms with Crippen LogP contribution in [-0.4, -0.2) is 4.98 Å². The maximum absolute atomic E-state index is 4.50. The summed E-state index contributed by atoms with van der Waals surface area (Å²) in [5.41, 5.74) is 6.97. The molecule has 0 spiro atoms. The van der Waals surface area contributed by atoms with Gasteiger partial charge in [0, 0.05) is 18.3 Å². The summed E-state index contributed by atoms with van der Waals surface area (Å²) in [5.74, 6) is 0. The molecule has 1 aliphatic carbocycles. The summed E-state index contributed by atoms with van der Waals surface area (Å²) < 4.78 is 0. The first-order valence-electron chi connectivity index (χ1n) is 6.82. The summed E-state index contributed by atoms with van der Waals surface area (Å²) in [6, 6.07) is 11.0. The summed E-state index contributed by atoms with van der Waals surface area (Å²) in [4.78, 5) is 4.50. The maximum Gasteiger partial charge on any atom is 0.0479 e. The van der Waals surface area contributed by atoms with Crippen LogP contribution in [0.1, 0.15) is 34.9 Å². The standard InChI is InChI=1S/C15H15N.C3H6/c1-11-4-5-14-10-15-12(3-2-8-16-15)6-7-13(14)9-11;1-3-2/h2-5,8-9H,6-7,10H2,1H3;3H,1H2,2H3. The predicted molar refractivity (Wildman–Crippen MR) is 81.5 cm³/mol. The minimum absolute atomic E-state index is 0.992. The molecule has 0 N–H and O–H groups in total. The molecule has 0 saturated carbocycles. The van der Waals surface area contributed by atoms with Gasteiger partial charge >= 0.3 is 0 Å². The zero-order valence-corrected chi connectivity index (χ0v) is 11.8. The number of aromatic nitrogens is 1. The molecular weight excluding hydrogens is 230 g/mol. The van der Waals surface area contributed by atoms with Gasteiger partial charge < -0.3 is 0 Å². The van der Waals surface area contributed by atoms with E-state index >= 15 is 0 Å². The first-order chi connectivity index (χ1) is 9.24. The lowest BCUT2D eigenvalue weighted by Gasteiger charge is -2.06. The molecule has 0 aliphatic heterocycles. The first kappa shape index (κ1) is 13.5. The van der Waals surface area contributed by atoms with Gasteiger partial charge in [0.15, 0.2) is 0 Å². The second kappa shape index (κ2) is 6.33. The Morgan fingerprint density at radius 1 is 1.11 bits per heavy atom. The molecule has 0 fully saturated rings. The molecule has 0 amide bonds. The van der Waals surface area contributed by atoms with Gasteiger partial charge in [-0.3, -0.25) is 4.98 Å². The van der Waals surface area contributed by atoms with Crippen molar-refractivity contribution >= 4 is 0 Å². The molecule has 0 bridgehead atoms. The molecule has 0 unspecified atom stereocenters. The molecule has 1 nitrogen and oxygen atoms in total. The monoisotopic (exact) mass is 251 g/mol. The van der Waals surface area contributed by atoms with Crippen LogP contribution in [0.15, 0.2) is 49.2 Å². The molecule has 1 heterocycles. The largest absolute Gasteiger partial charge is 0.261 e. The molecule has 0 radical (unpaired) electrons. The number of aryl methyl sites for hydroxylation is 3. The molecule has 1 aliphatic rings. The lowest BCUT2D eigenvalue weighted by molar-refractivity contribution is 0.950. The topological polar surface area (TPSA) is 12.9 Å². The highest BCUT2D eigenvalue weighted by Crippen LogP contribution is 2.23. The van der Waals surface area contributed by atoms with Crippen LogP contribution in [0.4, 0.5) is 0 Å². The van der Waals surface area contributed by atoms with Gasteiger partial charge in [-0.1, -0.05) is 35.9 Å². The van der Waals surface area contributed by atoms with E-state index in [1.54, 1.807) is 6.08 Å². The van der Waals surface area contributed by atoms with Crippen molar-refractivity contribution in [1.29, 1.82) is 0 Å². The fourth-order valence-electron chi connectivity index (χ4n) is 2.47. The predicted octanol–water partition coefficient (Wildman–Crippen LogP) is 4.27. The Hall–Kier alpha value is -1.89. The second-order valence-corrected chi connectivity index (χ2v) is 4.97. The van der Waals surface area contributed by atoms with Crippen molar-refractivity contribution in [3.8, 4) is 0 Å². The molecule has 3 rings (SSSR count). The molecule has 1 aromatic carbocycles. The molecular formula is C18H21N. The Bertz CT molecular complexity index is 570. The quantitative estimate of drug-likeness (QED) is 0.637. The lowest BCUT2D eigenvalue weighted by atomic mass is 10.0. The number of rotatable bonds is 0.